The van der Waals surface area contributed by atoms with E-state index in [-0.39, 0.29) is 12.1 Å². The number of ether oxygens (including phenoxy) is 1. The molecule has 18 heavy (non-hydrogen) atoms. The van der Waals surface area contributed by atoms with Crippen LogP contribution in [0.5, 0.6) is 0 Å². The Bertz CT molecular complexity index is 340. The number of aliphatic hydroxyl groups excluding tert-OH is 1. The highest BCUT2D eigenvalue weighted by atomic mass is 35.5. The third-order valence-electron chi connectivity index (χ3n) is 2.65. The lowest BCUT2D eigenvalue weighted by Gasteiger charge is -2.18. The number of hydrogen-bond acceptors (Lipinski definition) is 3. The van der Waals surface area contributed by atoms with Crippen LogP contribution in [0.4, 0.5) is 0 Å². The fraction of sp³-hybridized carbons (Fsp3) is 0.571. The van der Waals surface area contributed by atoms with Crippen LogP contribution in [0, 0.1) is 0 Å². The standard InChI is InChI=1S/C14H22ClNO2/c1-10(2)18-9-14(17)8-16-11(3)12-4-6-13(15)7-5-12/h4-7,10-11,14,16-17H,8-9H2,1-3H3. The van der Waals surface area contributed by atoms with Crippen LogP contribution in [0.3, 0.4) is 0 Å². The van der Waals surface area contributed by atoms with E-state index in [1.807, 2.05) is 38.1 Å². The number of benzene rings is 1. The first-order valence-corrected chi connectivity index (χ1v) is 6.65. The molecule has 2 N–H and O–H groups in total. The monoisotopic (exact) mass is 271 g/mol. The lowest BCUT2D eigenvalue weighted by Crippen LogP contribution is -2.32. The molecule has 0 aromatic heterocycles. The molecule has 0 heterocycles. The topological polar surface area (TPSA) is 41.5 Å². The molecular weight excluding hydrogens is 250 g/mol. The van der Waals surface area contributed by atoms with E-state index in [2.05, 4.69) is 12.2 Å². The summed E-state index contributed by atoms with van der Waals surface area (Å²) in [4.78, 5) is 0. The molecule has 0 bridgehead atoms. The maximum atomic E-state index is 9.73. The maximum Gasteiger partial charge on any atom is 0.0898 e. The quantitative estimate of drug-likeness (QED) is 0.801. The Morgan fingerprint density at radius 1 is 1.22 bits per heavy atom. The van der Waals surface area contributed by atoms with E-state index in [1.165, 1.54) is 0 Å². The second-order valence-electron chi connectivity index (χ2n) is 4.72. The second-order valence-corrected chi connectivity index (χ2v) is 5.15. The van der Waals surface area contributed by atoms with Crippen LogP contribution in [0.2, 0.25) is 5.02 Å². The molecule has 0 saturated heterocycles. The van der Waals surface area contributed by atoms with Crippen molar-refractivity contribution in [3.05, 3.63) is 34.9 Å². The van der Waals surface area contributed by atoms with Crippen LogP contribution in [-0.2, 0) is 4.74 Å². The Hall–Kier alpha value is -0.610. The van der Waals surface area contributed by atoms with Crippen LogP contribution >= 0.6 is 11.6 Å². The van der Waals surface area contributed by atoms with Crippen LogP contribution in [-0.4, -0.2) is 30.5 Å². The van der Waals surface area contributed by atoms with Crippen molar-refractivity contribution in [1.82, 2.24) is 5.32 Å². The van der Waals surface area contributed by atoms with E-state index in [4.69, 9.17) is 16.3 Å². The van der Waals surface area contributed by atoms with Crippen molar-refractivity contribution in [2.75, 3.05) is 13.2 Å². The molecule has 0 fully saturated rings. The first-order valence-electron chi connectivity index (χ1n) is 6.27. The largest absolute Gasteiger partial charge is 0.389 e. The summed E-state index contributed by atoms with van der Waals surface area (Å²) >= 11 is 5.84. The van der Waals surface area contributed by atoms with Gasteiger partial charge in [0.05, 0.1) is 18.8 Å². The minimum absolute atomic E-state index is 0.147. The van der Waals surface area contributed by atoms with Gasteiger partial charge >= 0.3 is 0 Å². The zero-order valence-electron chi connectivity index (χ0n) is 11.2. The molecule has 1 rings (SSSR count). The molecule has 3 nitrogen and oxygen atoms in total. The van der Waals surface area contributed by atoms with Gasteiger partial charge in [-0.1, -0.05) is 23.7 Å². The number of nitrogens with one attached hydrogen (secondary N) is 1. The van der Waals surface area contributed by atoms with Crippen molar-refractivity contribution in [2.45, 2.75) is 39.0 Å². The lowest BCUT2D eigenvalue weighted by molar-refractivity contribution is 0.00560. The van der Waals surface area contributed by atoms with Gasteiger partial charge in [0.25, 0.3) is 0 Å². The van der Waals surface area contributed by atoms with Gasteiger partial charge in [0.15, 0.2) is 0 Å². The van der Waals surface area contributed by atoms with Crippen LogP contribution < -0.4 is 5.32 Å². The minimum Gasteiger partial charge on any atom is -0.389 e. The Kier molecular flexibility index (Phi) is 6.65. The molecule has 102 valence electrons. The number of aliphatic hydroxyl groups is 1. The Morgan fingerprint density at radius 3 is 2.39 bits per heavy atom. The fourth-order valence-corrected chi connectivity index (χ4v) is 1.67. The average Bonchev–Trinajstić information content (AvgIpc) is 2.34. The second kappa shape index (κ2) is 7.74. The third-order valence-corrected chi connectivity index (χ3v) is 2.90. The van der Waals surface area contributed by atoms with E-state index in [0.29, 0.717) is 13.2 Å². The zero-order chi connectivity index (χ0) is 13.5. The van der Waals surface area contributed by atoms with Crippen molar-refractivity contribution < 1.29 is 9.84 Å². The van der Waals surface area contributed by atoms with Crippen molar-refractivity contribution in [3.8, 4) is 0 Å². The van der Waals surface area contributed by atoms with E-state index in [0.717, 1.165) is 10.6 Å². The van der Waals surface area contributed by atoms with Gasteiger partial charge in [0.1, 0.15) is 0 Å². The van der Waals surface area contributed by atoms with Gasteiger partial charge < -0.3 is 15.2 Å². The van der Waals surface area contributed by atoms with Gasteiger partial charge in [-0.25, -0.2) is 0 Å². The number of hydrogen-bond donors (Lipinski definition) is 2. The van der Waals surface area contributed by atoms with Crippen LogP contribution in [0.1, 0.15) is 32.4 Å². The Balaban J connectivity index is 2.32. The molecule has 4 heteroatoms. The first-order chi connectivity index (χ1) is 8.49. The molecule has 0 radical (unpaired) electrons. The van der Waals surface area contributed by atoms with Crippen molar-refractivity contribution >= 4 is 11.6 Å². The molecule has 1 aromatic rings. The SMILES string of the molecule is CC(C)OCC(O)CNC(C)c1ccc(Cl)cc1. The van der Waals surface area contributed by atoms with E-state index < -0.39 is 6.10 Å². The Labute approximate surface area is 114 Å². The first kappa shape index (κ1) is 15.4. The smallest absolute Gasteiger partial charge is 0.0898 e. The fourth-order valence-electron chi connectivity index (χ4n) is 1.54. The summed E-state index contributed by atoms with van der Waals surface area (Å²) in [5.74, 6) is 0. The summed E-state index contributed by atoms with van der Waals surface area (Å²) in [6.07, 6.45) is -0.338. The van der Waals surface area contributed by atoms with Crippen LogP contribution in [0.25, 0.3) is 0 Å². The molecule has 1 aromatic carbocycles. The Morgan fingerprint density at radius 2 is 1.83 bits per heavy atom. The summed E-state index contributed by atoms with van der Waals surface area (Å²) < 4.78 is 5.35. The number of rotatable bonds is 7. The van der Waals surface area contributed by atoms with Crippen molar-refractivity contribution in [1.29, 1.82) is 0 Å². The highest BCUT2D eigenvalue weighted by Gasteiger charge is 2.09. The predicted molar refractivity (Wildman–Crippen MR) is 75.0 cm³/mol. The van der Waals surface area contributed by atoms with Gasteiger partial charge in [-0.2, -0.15) is 0 Å². The average molecular weight is 272 g/mol. The highest BCUT2D eigenvalue weighted by Crippen LogP contribution is 2.15. The molecule has 0 aliphatic carbocycles. The molecule has 2 atom stereocenters. The third kappa shape index (κ3) is 5.83. The van der Waals surface area contributed by atoms with E-state index in [9.17, 15) is 5.11 Å². The molecule has 0 aliphatic rings. The molecule has 0 amide bonds. The molecule has 2 unspecified atom stereocenters. The van der Waals surface area contributed by atoms with Crippen LogP contribution in [0.15, 0.2) is 24.3 Å². The van der Waals surface area contributed by atoms with E-state index >= 15 is 0 Å². The van der Waals surface area contributed by atoms with Gasteiger partial charge in [-0.15, -0.1) is 0 Å². The molecule has 0 saturated carbocycles. The van der Waals surface area contributed by atoms with Crippen molar-refractivity contribution in [3.63, 3.8) is 0 Å². The summed E-state index contributed by atoms with van der Waals surface area (Å²) in [5.41, 5.74) is 1.15. The minimum atomic E-state index is -0.484. The summed E-state index contributed by atoms with van der Waals surface area (Å²) in [6, 6.07) is 7.88. The molecule has 0 spiro atoms. The van der Waals surface area contributed by atoms with E-state index in [1.54, 1.807) is 0 Å². The van der Waals surface area contributed by atoms with Gasteiger partial charge in [0.2, 0.25) is 0 Å². The predicted octanol–water partition coefficient (Wildman–Crippen LogP) is 2.78. The highest BCUT2D eigenvalue weighted by molar-refractivity contribution is 6.30. The van der Waals surface area contributed by atoms with Crippen molar-refractivity contribution in [2.24, 2.45) is 0 Å². The summed E-state index contributed by atoms with van der Waals surface area (Å²) in [7, 11) is 0. The molecular formula is C14H22ClNO2. The lowest BCUT2D eigenvalue weighted by atomic mass is 10.1. The normalized spacial score (nSPS) is 14.8. The maximum absolute atomic E-state index is 9.73. The van der Waals surface area contributed by atoms with Gasteiger partial charge in [0, 0.05) is 17.6 Å². The molecule has 0 aliphatic heterocycles. The zero-order valence-corrected chi connectivity index (χ0v) is 11.9. The van der Waals surface area contributed by atoms with Gasteiger partial charge in [-0.3, -0.25) is 0 Å². The summed E-state index contributed by atoms with van der Waals surface area (Å²) in [5, 5.41) is 13.7. The van der Waals surface area contributed by atoms with Gasteiger partial charge in [-0.05, 0) is 38.5 Å². The summed E-state index contributed by atoms with van der Waals surface area (Å²) in [6.45, 7) is 6.83. The number of halogens is 1.